The summed E-state index contributed by atoms with van der Waals surface area (Å²) in [6, 6.07) is 4.29. The standard InChI is InChI=1S/C11H14ClN/c1-7-5-9(12)6-8-3-2-4-10(13)11(7)8/h5-6,10H,2-4,13H2,1H3. The minimum Gasteiger partial charge on any atom is -0.324 e. The van der Waals surface area contributed by atoms with Gasteiger partial charge in [0.25, 0.3) is 0 Å². The van der Waals surface area contributed by atoms with E-state index in [0.717, 1.165) is 17.9 Å². The average molecular weight is 196 g/mol. The zero-order chi connectivity index (χ0) is 9.42. The van der Waals surface area contributed by atoms with Gasteiger partial charge >= 0.3 is 0 Å². The summed E-state index contributed by atoms with van der Waals surface area (Å²) < 4.78 is 0. The summed E-state index contributed by atoms with van der Waals surface area (Å²) in [5.41, 5.74) is 9.98. The zero-order valence-corrected chi connectivity index (χ0v) is 8.56. The van der Waals surface area contributed by atoms with Crippen molar-refractivity contribution in [2.24, 2.45) is 5.73 Å². The lowest BCUT2D eigenvalue weighted by Crippen LogP contribution is -2.18. The van der Waals surface area contributed by atoms with Gasteiger partial charge in [-0.25, -0.2) is 0 Å². The lowest BCUT2D eigenvalue weighted by molar-refractivity contribution is 0.567. The summed E-state index contributed by atoms with van der Waals surface area (Å²) in [4.78, 5) is 0. The van der Waals surface area contributed by atoms with Crippen molar-refractivity contribution in [1.29, 1.82) is 0 Å². The fourth-order valence-corrected chi connectivity index (χ4v) is 2.51. The number of hydrogen-bond acceptors (Lipinski definition) is 1. The van der Waals surface area contributed by atoms with Gasteiger partial charge in [0.05, 0.1) is 0 Å². The molecule has 1 aromatic rings. The molecule has 0 heterocycles. The highest BCUT2D eigenvalue weighted by atomic mass is 35.5. The van der Waals surface area contributed by atoms with Crippen molar-refractivity contribution in [2.45, 2.75) is 32.2 Å². The second kappa shape index (κ2) is 3.32. The van der Waals surface area contributed by atoms with E-state index in [0.29, 0.717) is 0 Å². The molecule has 2 heteroatoms. The molecule has 0 bridgehead atoms. The molecule has 0 radical (unpaired) electrons. The van der Waals surface area contributed by atoms with Crippen LogP contribution in [-0.2, 0) is 6.42 Å². The molecule has 0 aromatic heterocycles. The van der Waals surface area contributed by atoms with Gasteiger partial charge in [0.15, 0.2) is 0 Å². The SMILES string of the molecule is Cc1cc(Cl)cc2c1C(N)CCC2. The molecule has 0 spiro atoms. The number of nitrogens with two attached hydrogens (primary N) is 1. The first kappa shape index (κ1) is 9.04. The summed E-state index contributed by atoms with van der Waals surface area (Å²) in [7, 11) is 0. The first-order chi connectivity index (χ1) is 6.18. The van der Waals surface area contributed by atoms with E-state index in [-0.39, 0.29) is 6.04 Å². The molecule has 0 fully saturated rings. The predicted octanol–water partition coefficient (Wildman–Crippen LogP) is 2.98. The maximum Gasteiger partial charge on any atom is 0.0411 e. The molecule has 13 heavy (non-hydrogen) atoms. The van der Waals surface area contributed by atoms with Crippen molar-refractivity contribution in [3.05, 3.63) is 33.8 Å². The summed E-state index contributed by atoms with van der Waals surface area (Å²) in [5.74, 6) is 0. The first-order valence-electron chi connectivity index (χ1n) is 4.73. The second-order valence-corrected chi connectivity index (χ2v) is 4.23. The molecule has 1 aliphatic carbocycles. The number of hydrogen-bond donors (Lipinski definition) is 1. The molecule has 0 amide bonds. The third-order valence-corrected chi connectivity index (χ3v) is 2.99. The van der Waals surface area contributed by atoms with Crippen molar-refractivity contribution in [3.8, 4) is 0 Å². The van der Waals surface area contributed by atoms with Gasteiger partial charge in [-0.1, -0.05) is 11.6 Å². The largest absolute Gasteiger partial charge is 0.324 e. The molecular weight excluding hydrogens is 182 g/mol. The average Bonchev–Trinajstić information content (AvgIpc) is 2.02. The van der Waals surface area contributed by atoms with E-state index in [1.54, 1.807) is 0 Å². The maximum absolute atomic E-state index is 6.05. The fraction of sp³-hybridized carbons (Fsp3) is 0.455. The van der Waals surface area contributed by atoms with Gasteiger partial charge in [-0.05, 0) is 55.0 Å². The maximum atomic E-state index is 6.05. The molecule has 0 saturated carbocycles. The number of halogens is 1. The monoisotopic (exact) mass is 195 g/mol. The van der Waals surface area contributed by atoms with Gasteiger partial charge in [-0.2, -0.15) is 0 Å². The predicted molar refractivity (Wildman–Crippen MR) is 56.1 cm³/mol. The van der Waals surface area contributed by atoms with Crippen LogP contribution in [0.2, 0.25) is 5.02 Å². The lowest BCUT2D eigenvalue weighted by Gasteiger charge is -2.24. The molecule has 0 aliphatic heterocycles. The van der Waals surface area contributed by atoms with Gasteiger partial charge in [0.1, 0.15) is 0 Å². The van der Waals surface area contributed by atoms with Crippen molar-refractivity contribution in [2.75, 3.05) is 0 Å². The molecule has 2 N–H and O–H groups in total. The zero-order valence-electron chi connectivity index (χ0n) is 7.81. The van der Waals surface area contributed by atoms with E-state index in [1.165, 1.54) is 23.1 Å². The topological polar surface area (TPSA) is 26.0 Å². The van der Waals surface area contributed by atoms with E-state index in [9.17, 15) is 0 Å². The smallest absolute Gasteiger partial charge is 0.0411 e. The van der Waals surface area contributed by atoms with Crippen LogP contribution in [0.1, 0.15) is 35.6 Å². The number of rotatable bonds is 0. The van der Waals surface area contributed by atoms with Gasteiger partial charge < -0.3 is 5.73 Å². The van der Waals surface area contributed by atoms with Crippen molar-refractivity contribution < 1.29 is 0 Å². The van der Waals surface area contributed by atoms with E-state index in [4.69, 9.17) is 17.3 Å². The van der Waals surface area contributed by atoms with Gasteiger partial charge in [-0.15, -0.1) is 0 Å². The molecule has 1 unspecified atom stereocenters. The van der Waals surface area contributed by atoms with E-state index >= 15 is 0 Å². The molecule has 0 saturated heterocycles. The number of fused-ring (bicyclic) bond motifs is 1. The number of aryl methyl sites for hydroxylation is 2. The molecular formula is C11H14ClN. The Morgan fingerprint density at radius 1 is 1.46 bits per heavy atom. The highest BCUT2D eigenvalue weighted by Crippen LogP contribution is 2.32. The van der Waals surface area contributed by atoms with E-state index in [1.807, 2.05) is 6.07 Å². The highest BCUT2D eigenvalue weighted by Gasteiger charge is 2.18. The highest BCUT2D eigenvalue weighted by molar-refractivity contribution is 6.30. The Morgan fingerprint density at radius 3 is 3.00 bits per heavy atom. The summed E-state index contributed by atoms with van der Waals surface area (Å²) in [5, 5.41) is 0.838. The Balaban J connectivity index is 2.56. The van der Waals surface area contributed by atoms with E-state index < -0.39 is 0 Å². The van der Waals surface area contributed by atoms with Gasteiger partial charge in [-0.3, -0.25) is 0 Å². The lowest BCUT2D eigenvalue weighted by atomic mass is 9.85. The minimum atomic E-state index is 0.223. The molecule has 1 atom stereocenters. The Hall–Kier alpha value is -0.530. The van der Waals surface area contributed by atoms with Crippen LogP contribution < -0.4 is 5.73 Å². The summed E-state index contributed by atoms with van der Waals surface area (Å²) >= 11 is 5.99. The second-order valence-electron chi connectivity index (χ2n) is 3.79. The van der Waals surface area contributed by atoms with Gasteiger partial charge in [0.2, 0.25) is 0 Å². The van der Waals surface area contributed by atoms with Crippen LogP contribution in [0.5, 0.6) is 0 Å². The molecule has 70 valence electrons. The van der Waals surface area contributed by atoms with Crippen LogP contribution in [-0.4, -0.2) is 0 Å². The van der Waals surface area contributed by atoms with Crippen molar-refractivity contribution in [1.82, 2.24) is 0 Å². The van der Waals surface area contributed by atoms with Crippen LogP contribution in [0.4, 0.5) is 0 Å². The Morgan fingerprint density at radius 2 is 2.23 bits per heavy atom. The third kappa shape index (κ3) is 1.59. The molecule has 1 aliphatic rings. The van der Waals surface area contributed by atoms with Gasteiger partial charge in [0, 0.05) is 11.1 Å². The van der Waals surface area contributed by atoms with Crippen molar-refractivity contribution >= 4 is 11.6 Å². The Bertz CT molecular complexity index is 333. The quantitative estimate of drug-likeness (QED) is 0.677. The normalized spacial score (nSPS) is 21.3. The van der Waals surface area contributed by atoms with Crippen LogP contribution in [0.15, 0.2) is 12.1 Å². The van der Waals surface area contributed by atoms with Crippen molar-refractivity contribution in [3.63, 3.8) is 0 Å². The Labute approximate surface area is 83.9 Å². The third-order valence-electron chi connectivity index (χ3n) is 2.77. The summed E-state index contributed by atoms with van der Waals surface area (Å²) in [6.07, 6.45) is 3.42. The molecule has 1 aromatic carbocycles. The Kier molecular flexibility index (Phi) is 2.31. The minimum absolute atomic E-state index is 0.223. The van der Waals surface area contributed by atoms with Crippen LogP contribution in [0.3, 0.4) is 0 Å². The van der Waals surface area contributed by atoms with Crippen LogP contribution >= 0.6 is 11.6 Å². The molecule has 1 nitrogen and oxygen atoms in total. The van der Waals surface area contributed by atoms with E-state index in [2.05, 4.69) is 13.0 Å². The van der Waals surface area contributed by atoms with Crippen LogP contribution in [0, 0.1) is 6.92 Å². The summed E-state index contributed by atoms with van der Waals surface area (Å²) in [6.45, 7) is 2.09. The van der Waals surface area contributed by atoms with Crippen LogP contribution in [0.25, 0.3) is 0 Å². The fourth-order valence-electron chi connectivity index (χ4n) is 2.22. The number of benzene rings is 1. The first-order valence-corrected chi connectivity index (χ1v) is 5.11. The molecule has 2 rings (SSSR count).